The van der Waals surface area contributed by atoms with E-state index in [1.165, 1.54) is 19.3 Å². The number of carbonyl (C=O) groups is 1. The van der Waals surface area contributed by atoms with Crippen LogP contribution in [-0.2, 0) is 9.53 Å². The normalized spacial score (nSPS) is 13.2. The molecule has 0 aromatic carbocycles. The lowest BCUT2D eigenvalue weighted by Crippen LogP contribution is -2.18. The van der Waals surface area contributed by atoms with E-state index < -0.39 is 0 Å². The van der Waals surface area contributed by atoms with Crippen LogP contribution in [0, 0.1) is 5.92 Å². The number of rotatable bonds is 16. The molecule has 0 amide bonds. The second-order valence-electron chi connectivity index (χ2n) is 6.28. The number of hydrogen-bond acceptors (Lipinski definition) is 3. The van der Waals surface area contributed by atoms with E-state index in [2.05, 4.69) is 43.4 Å². The highest BCUT2D eigenvalue weighted by Crippen LogP contribution is 2.16. The fourth-order valence-corrected chi connectivity index (χ4v) is 2.59. The molecular weight excluding hydrogens is 312 g/mol. The average molecular weight is 351 g/mol. The summed E-state index contributed by atoms with van der Waals surface area (Å²) in [4.78, 5) is 11.7. The molecule has 0 aliphatic carbocycles. The third kappa shape index (κ3) is 15.9. The zero-order valence-corrected chi connectivity index (χ0v) is 16.3. The van der Waals surface area contributed by atoms with Crippen molar-refractivity contribution in [2.24, 2.45) is 5.92 Å². The number of aliphatic hydroxyl groups excluding tert-OH is 1. The Bertz CT molecular complexity index is 383. The van der Waals surface area contributed by atoms with Gasteiger partial charge in [0.25, 0.3) is 0 Å². The molecule has 0 spiro atoms. The van der Waals surface area contributed by atoms with Crippen molar-refractivity contribution in [2.75, 3.05) is 13.2 Å². The van der Waals surface area contributed by atoms with Gasteiger partial charge in [-0.05, 0) is 44.9 Å². The van der Waals surface area contributed by atoms with Crippen molar-refractivity contribution in [3.8, 4) is 0 Å². The van der Waals surface area contributed by atoms with Gasteiger partial charge in [0.2, 0.25) is 0 Å². The lowest BCUT2D eigenvalue weighted by atomic mass is 9.98. The van der Waals surface area contributed by atoms with Gasteiger partial charge in [-0.3, -0.25) is 4.79 Å². The van der Waals surface area contributed by atoms with E-state index in [0.29, 0.717) is 0 Å². The molecule has 0 saturated carbocycles. The largest absolute Gasteiger partial charge is 0.463 e. The van der Waals surface area contributed by atoms with Crippen LogP contribution in [-0.4, -0.2) is 24.3 Å². The molecule has 25 heavy (non-hydrogen) atoms. The van der Waals surface area contributed by atoms with Crippen LogP contribution in [0.2, 0.25) is 0 Å². The van der Waals surface area contributed by atoms with E-state index in [1.807, 2.05) is 6.92 Å². The third-order valence-electron chi connectivity index (χ3n) is 4.12. The second-order valence-corrected chi connectivity index (χ2v) is 6.28. The van der Waals surface area contributed by atoms with Gasteiger partial charge in [-0.15, -0.1) is 0 Å². The van der Waals surface area contributed by atoms with E-state index in [0.717, 1.165) is 44.9 Å². The monoisotopic (exact) mass is 350 g/mol. The van der Waals surface area contributed by atoms with Crippen molar-refractivity contribution in [3.63, 3.8) is 0 Å². The van der Waals surface area contributed by atoms with E-state index in [9.17, 15) is 4.79 Å². The summed E-state index contributed by atoms with van der Waals surface area (Å²) in [6.45, 7) is 4.19. The number of aliphatic hydroxyl groups is 1. The fourth-order valence-electron chi connectivity index (χ4n) is 2.59. The molecule has 144 valence electrons. The summed E-state index contributed by atoms with van der Waals surface area (Å²) in [5, 5.41) is 8.69. The number of carbonyl (C=O) groups excluding carboxylic acids is 1. The summed E-state index contributed by atoms with van der Waals surface area (Å²) in [7, 11) is 0. The van der Waals surface area contributed by atoms with Gasteiger partial charge in [0.15, 0.2) is 0 Å². The Morgan fingerprint density at radius 2 is 1.56 bits per heavy atom. The highest BCUT2D eigenvalue weighted by Gasteiger charge is 2.16. The molecule has 0 fully saturated rings. The molecule has 0 aliphatic rings. The first kappa shape index (κ1) is 23.6. The van der Waals surface area contributed by atoms with Crippen LogP contribution in [0.25, 0.3) is 0 Å². The Morgan fingerprint density at radius 1 is 0.920 bits per heavy atom. The van der Waals surface area contributed by atoms with Gasteiger partial charge < -0.3 is 9.84 Å². The number of ether oxygens (including phenoxy) is 1. The summed E-state index contributed by atoms with van der Waals surface area (Å²) in [5.74, 6) is -0.164. The molecule has 3 nitrogen and oxygen atoms in total. The van der Waals surface area contributed by atoms with Gasteiger partial charge in [-0.1, -0.05) is 69.6 Å². The summed E-state index contributed by atoms with van der Waals surface area (Å²) >= 11 is 0. The minimum absolute atomic E-state index is 0.00889. The maximum atomic E-state index is 11.7. The summed E-state index contributed by atoms with van der Waals surface area (Å²) in [6, 6.07) is 0. The van der Waals surface area contributed by atoms with Crippen molar-refractivity contribution < 1.29 is 14.6 Å². The molecule has 0 aliphatic heterocycles. The van der Waals surface area contributed by atoms with Gasteiger partial charge in [0, 0.05) is 0 Å². The van der Waals surface area contributed by atoms with Crippen molar-refractivity contribution in [2.45, 2.75) is 78.1 Å². The van der Waals surface area contributed by atoms with Crippen LogP contribution in [0.3, 0.4) is 0 Å². The lowest BCUT2D eigenvalue weighted by Gasteiger charge is -2.13. The molecule has 0 aromatic rings. The van der Waals surface area contributed by atoms with Gasteiger partial charge in [-0.25, -0.2) is 0 Å². The van der Waals surface area contributed by atoms with Crippen LogP contribution in [0.5, 0.6) is 0 Å². The molecule has 0 saturated heterocycles. The van der Waals surface area contributed by atoms with Gasteiger partial charge in [0.05, 0.1) is 12.5 Å². The number of esters is 1. The highest BCUT2D eigenvalue weighted by molar-refractivity contribution is 5.72. The summed E-state index contributed by atoms with van der Waals surface area (Å²) in [6.07, 6.45) is 24.0. The van der Waals surface area contributed by atoms with E-state index in [4.69, 9.17) is 9.84 Å². The quantitative estimate of drug-likeness (QED) is 0.219. The smallest absolute Gasteiger partial charge is 0.308 e. The Labute approximate surface area is 154 Å². The standard InChI is InChI=1S/C22H38O3/c1-3-5-6-7-8-9-10-11-12-13-14-15-16-17-18-21(4-2)22(24)25-20-19-23/h5-6,8-9,11-12,21,23H,3-4,7,10,13-20H2,1-2H3/b6-5-,9-8-,12-11-. The minimum atomic E-state index is -0.155. The first-order valence-corrected chi connectivity index (χ1v) is 9.98. The summed E-state index contributed by atoms with van der Waals surface area (Å²) < 4.78 is 5.01. The van der Waals surface area contributed by atoms with Crippen LogP contribution in [0.15, 0.2) is 36.5 Å². The van der Waals surface area contributed by atoms with Crippen molar-refractivity contribution in [1.82, 2.24) is 0 Å². The van der Waals surface area contributed by atoms with Crippen molar-refractivity contribution in [3.05, 3.63) is 36.5 Å². The Hall–Kier alpha value is -1.35. The topological polar surface area (TPSA) is 46.5 Å². The Balaban J connectivity index is 3.54. The van der Waals surface area contributed by atoms with Crippen LogP contribution in [0.4, 0.5) is 0 Å². The first-order valence-electron chi connectivity index (χ1n) is 9.98. The molecule has 0 radical (unpaired) electrons. The van der Waals surface area contributed by atoms with Crippen molar-refractivity contribution >= 4 is 5.97 Å². The molecule has 1 unspecified atom stereocenters. The van der Waals surface area contributed by atoms with Crippen molar-refractivity contribution in [1.29, 1.82) is 0 Å². The summed E-state index contributed by atoms with van der Waals surface area (Å²) in [5.41, 5.74) is 0. The molecule has 1 atom stereocenters. The minimum Gasteiger partial charge on any atom is -0.463 e. The van der Waals surface area contributed by atoms with E-state index >= 15 is 0 Å². The van der Waals surface area contributed by atoms with Crippen LogP contribution >= 0.6 is 0 Å². The molecule has 0 rings (SSSR count). The molecule has 0 bridgehead atoms. The number of unbranched alkanes of at least 4 members (excludes halogenated alkanes) is 4. The van der Waals surface area contributed by atoms with E-state index in [1.54, 1.807) is 0 Å². The average Bonchev–Trinajstić information content (AvgIpc) is 2.63. The molecule has 0 heterocycles. The van der Waals surface area contributed by atoms with Gasteiger partial charge >= 0.3 is 5.97 Å². The number of allylic oxidation sites excluding steroid dienone is 6. The van der Waals surface area contributed by atoms with Gasteiger partial charge in [-0.2, -0.15) is 0 Å². The first-order chi connectivity index (χ1) is 12.3. The van der Waals surface area contributed by atoms with Crippen LogP contribution < -0.4 is 0 Å². The predicted octanol–water partition coefficient (Wildman–Crippen LogP) is 5.75. The Morgan fingerprint density at radius 3 is 2.20 bits per heavy atom. The zero-order valence-electron chi connectivity index (χ0n) is 16.3. The highest BCUT2D eigenvalue weighted by atomic mass is 16.5. The van der Waals surface area contributed by atoms with E-state index in [-0.39, 0.29) is 25.1 Å². The zero-order chi connectivity index (χ0) is 18.6. The maximum Gasteiger partial charge on any atom is 0.308 e. The Kier molecular flexibility index (Phi) is 18.0. The predicted molar refractivity (Wildman–Crippen MR) is 106 cm³/mol. The van der Waals surface area contributed by atoms with Crippen LogP contribution in [0.1, 0.15) is 78.1 Å². The molecule has 3 heteroatoms. The molecule has 1 N–H and O–H groups in total. The molecule has 0 aromatic heterocycles. The fraction of sp³-hybridized carbons (Fsp3) is 0.682. The third-order valence-corrected chi connectivity index (χ3v) is 4.12. The maximum absolute atomic E-state index is 11.7. The van der Waals surface area contributed by atoms with Gasteiger partial charge in [0.1, 0.15) is 6.61 Å². The SMILES string of the molecule is CC/C=C\C/C=C\C/C=C\CCCCCCC(CC)C(=O)OCCO. The number of hydrogen-bond donors (Lipinski definition) is 1. The second kappa shape index (κ2) is 19.0. The lowest BCUT2D eigenvalue weighted by molar-refractivity contribution is -0.149. The molecular formula is C22H38O3.